The predicted octanol–water partition coefficient (Wildman–Crippen LogP) is 3.09. The molecule has 0 spiro atoms. The maximum Gasteiger partial charge on any atom is 0.318 e. The van der Waals surface area contributed by atoms with E-state index < -0.39 is 0 Å². The lowest BCUT2D eigenvalue weighted by molar-refractivity contribution is -0.136. The van der Waals surface area contributed by atoms with Crippen LogP contribution in [0.1, 0.15) is 56.1 Å². The number of hydrogen-bond acceptors (Lipinski definition) is 3. The number of amides is 3. The summed E-state index contributed by atoms with van der Waals surface area (Å²) in [6.07, 6.45) is 8.26. The van der Waals surface area contributed by atoms with Gasteiger partial charge in [0, 0.05) is 25.7 Å². The smallest absolute Gasteiger partial charge is 0.318 e. The van der Waals surface area contributed by atoms with Gasteiger partial charge in [-0.3, -0.25) is 4.79 Å². The average molecular weight is 386 g/mol. The van der Waals surface area contributed by atoms with Crippen molar-refractivity contribution in [2.75, 3.05) is 20.2 Å². The molecule has 0 radical (unpaired) electrons. The molecule has 0 unspecified atom stereocenters. The number of carbonyl (C=O) groups excluding carboxylic acids is 2. The van der Waals surface area contributed by atoms with Gasteiger partial charge in [0.25, 0.3) is 0 Å². The molecule has 3 aliphatic rings. The second kappa shape index (κ2) is 8.41. The molecule has 0 bridgehead atoms. The van der Waals surface area contributed by atoms with Crippen LogP contribution >= 0.6 is 0 Å². The Morgan fingerprint density at radius 2 is 1.86 bits per heavy atom. The van der Waals surface area contributed by atoms with Crippen molar-refractivity contribution in [3.63, 3.8) is 0 Å². The minimum absolute atomic E-state index is 0.0539. The van der Waals surface area contributed by atoms with Crippen LogP contribution in [0, 0.1) is 0 Å². The zero-order valence-electron chi connectivity index (χ0n) is 16.8. The average Bonchev–Trinajstić information content (AvgIpc) is 3.23. The number of urea groups is 1. The molecule has 3 amide bonds. The molecule has 6 heteroatoms. The summed E-state index contributed by atoms with van der Waals surface area (Å²) in [4.78, 5) is 29.8. The summed E-state index contributed by atoms with van der Waals surface area (Å²) in [6, 6.07) is 5.99. The molecule has 6 nitrogen and oxygen atoms in total. The van der Waals surface area contributed by atoms with E-state index in [0.29, 0.717) is 19.6 Å². The summed E-state index contributed by atoms with van der Waals surface area (Å²) < 4.78 is 5.33. The minimum atomic E-state index is -0.323. The van der Waals surface area contributed by atoms with Gasteiger partial charge in [-0.15, -0.1) is 0 Å². The molecule has 4 rings (SSSR count). The molecular weight excluding hydrogens is 354 g/mol. The largest absolute Gasteiger partial charge is 0.497 e. The van der Waals surface area contributed by atoms with Crippen LogP contribution in [0.3, 0.4) is 0 Å². The first kappa shape index (κ1) is 19.1. The fourth-order valence-corrected chi connectivity index (χ4v) is 4.83. The van der Waals surface area contributed by atoms with Crippen LogP contribution < -0.4 is 10.1 Å². The molecule has 1 saturated heterocycles. The molecule has 1 N–H and O–H groups in total. The van der Waals surface area contributed by atoms with E-state index in [1.165, 1.54) is 24.8 Å². The van der Waals surface area contributed by atoms with Gasteiger partial charge in [-0.2, -0.15) is 0 Å². The van der Waals surface area contributed by atoms with Crippen LogP contribution in [-0.4, -0.2) is 54.0 Å². The Kier molecular flexibility index (Phi) is 5.74. The highest BCUT2D eigenvalue weighted by Crippen LogP contribution is 2.27. The molecule has 2 fully saturated rings. The standard InChI is InChI=1S/C22H31N3O3/c1-28-19-10-9-16-11-13-24(15-17(16)14-19)21(26)20-8-5-12-25(20)22(27)23-18-6-3-2-4-7-18/h9-10,14,18,20H,2-8,11-13,15H2,1H3,(H,23,27)/t20-/m0/s1. The highest BCUT2D eigenvalue weighted by molar-refractivity contribution is 5.88. The van der Waals surface area contributed by atoms with Crippen LogP contribution in [0.4, 0.5) is 4.79 Å². The third-order valence-corrected chi connectivity index (χ3v) is 6.47. The van der Waals surface area contributed by atoms with E-state index in [-0.39, 0.29) is 24.0 Å². The Morgan fingerprint density at radius 3 is 2.64 bits per heavy atom. The molecular formula is C22H31N3O3. The second-order valence-electron chi connectivity index (χ2n) is 8.28. The molecule has 0 aromatic heterocycles. The van der Waals surface area contributed by atoms with Crippen LogP contribution in [0.2, 0.25) is 0 Å². The van der Waals surface area contributed by atoms with E-state index in [9.17, 15) is 9.59 Å². The minimum Gasteiger partial charge on any atom is -0.497 e. The van der Waals surface area contributed by atoms with Gasteiger partial charge in [-0.05, 0) is 55.4 Å². The summed E-state index contributed by atoms with van der Waals surface area (Å²) in [6.45, 7) is 1.99. The van der Waals surface area contributed by atoms with Crippen LogP contribution in [0.5, 0.6) is 5.75 Å². The van der Waals surface area contributed by atoms with E-state index in [1.807, 2.05) is 17.0 Å². The van der Waals surface area contributed by atoms with Crippen LogP contribution in [0.15, 0.2) is 18.2 Å². The maximum atomic E-state index is 13.2. The quantitative estimate of drug-likeness (QED) is 0.870. The van der Waals surface area contributed by atoms with Crippen molar-refractivity contribution in [3.8, 4) is 5.75 Å². The number of fused-ring (bicyclic) bond motifs is 1. The molecule has 1 saturated carbocycles. The number of hydrogen-bond donors (Lipinski definition) is 1. The fraction of sp³-hybridized carbons (Fsp3) is 0.636. The van der Waals surface area contributed by atoms with Gasteiger partial charge in [0.2, 0.25) is 5.91 Å². The number of rotatable bonds is 3. The summed E-state index contributed by atoms with van der Waals surface area (Å²) in [5, 5.41) is 3.18. The van der Waals surface area contributed by atoms with E-state index in [0.717, 1.165) is 43.4 Å². The highest BCUT2D eigenvalue weighted by Gasteiger charge is 2.38. The Hall–Kier alpha value is -2.24. The predicted molar refractivity (Wildman–Crippen MR) is 107 cm³/mol. The van der Waals surface area contributed by atoms with E-state index in [1.54, 1.807) is 12.0 Å². The van der Waals surface area contributed by atoms with Crippen LogP contribution in [-0.2, 0) is 17.8 Å². The molecule has 28 heavy (non-hydrogen) atoms. The van der Waals surface area contributed by atoms with Crippen molar-refractivity contribution in [1.29, 1.82) is 0 Å². The third-order valence-electron chi connectivity index (χ3n) is 6.47. The molecule has 152 valence electrons. The van der Waals surface area contributed by atoms with Crippen molar-refractivity contribution < 1.29 is 14.3 Å². The third kappa shape index (κ3) is 3.96. The second-order valence-corrected chi connectivity index (χ2v) is 8.28. The first-order valence-electron chi connectivity index (χ1n) is 10.7. The molecule has 1 atom stereocenters. The van der Waals surface area contributed by atoms with Gasteiger partial charge < -0.3 is 19.9 Å². The number of nitrogens with one attached hydrogen (secondary N) is 1. The molecule has 1 aliphatic carbocycles. The van der Waals surface area contributed by atoms with Crippen molar-refractivity contribution >= 4 is 11.9 Å². The van der Waals surface area contributed by atoms with Gasteiger partial charge in [0.1, 0.15) is 11.8 Å². The Morgan fingerprint density at radius 1 is 1.04 bits per heavy atom. The van der Waals surface area contributed by atoms with E-state index in [4.69, 9.17) is 4.74 Å². The van der Waals surface area contributed by atoms with Gasteiger partial charge in [-0.1, -0.05) is 25.3 Å². The number of ether oxygens (including phenoxy) is 1. The number of nitrogens with zero attached hydrogens (tertiary/aromatic N) is 2. The summed E-state index contributed by atoms with van der Waals surface area (Å²) >= 11 is 0. The summed E-state index contributed by atoms with van der Waals surface area (Å²) in [7, 11) is 1.66. The zero-order chi connectivity index (χ0) is 19.5. The highest BCUT2D eigenvalue weighted by atomic mass is 16.5. The van der Waals surface area contributed by atoms with E-state index in [2.05, 4.69) is 11.4 Å². The molecule has 2 heterocycles. The van der Waals surface area contributed by atoms with Crippen molar-refractivity contribution in [2.45, 2.75) is 70.0 Å². The van der Waals surface area contributed by atoms with Crippen LogP contribution in [0.25, 0.3) is 0 Å². The Balaban J connectivity index is 1.41. The lowest BCUT2D eigenvalue weighted by Gasteiger charge is -2.34. The normalized spacial score (nSPS) is 22.7. The SMILES string of the molecule is COc1ccc2c(c1)CN(C(=O)[C@@H]1CCCN1C(=O)NC1CCCCC1)CC2. The number of methoxy groups -OCH3 is 1. The first-order valence-corrected chi connectivity index (χ1v) is 10.7. The Bertz CT molecular complexity index is 730. The lowest BCUT2D eigenvalue weighted by Crippen LogP contribution is -2.53. The maximum absolute atomic E-state index is 13.2. The molecule has 2 aliphatic heterocycles. The van der Waals surface area contributed by atoms with Gasteiger partial charge in [-0.25, -0.2) is 4.79 Å². The van der Waals surface area contributed by atoms with Gasteiger partial charge >= 0.3 is 6.03 Å². The fourth-order valence-electron chi connectivity index (χ4n) is 4.83. The van der Waals surface area contributed by atoms with Crippen molar-refractivity contribution in [2.24, 2.45) is 0 Å². The van der Waals surface area contributed by atoms with E-state index >= 15 is 0 Å². The number of benzene rings is 1. The first-order chi connectivity index (χ1) is 13.7. The molecule has 1 aromatic carbocycles. The summed E-state index contributed by atoms with van der Waals surface area (Å²) in [5.74, 6) is 0.909. The topological polar surface area (TPSA) is 61.9 Å². The zero-order valence-corrected chi connectivity index (χ0v) is 16.8. The number of likely N-dealkylation sites (tertiary alicyclic amines) is 1. The van der Waals surface area contributed by atoms with Crippen molar-refractivity contribution in [3.05, 3.63) is 29.3 Å². The Labute approximate surface area is 167 Å². The van der Waals surface area contributed by atoms with Gasteiger partial charge in [0.05, 0.1) is 7.11 Å². The molecule has 1 aromatic rings. The lowest BCUT2D eigenvalue weighted by atomic mass is 9.96. The monoisotopic (exact) mass is 385 g/mol. The van der Waals surface area contributed by atoms with Gasteiger partial charge in [0.15, 0.2) is 0 Å². The number of carbonyl (C=O) groups is 2. The summed E-state index contributed by atoms with van der Waals surface area (Å²) in [5.41, 5.74) is 2.43. The van der Waals surface area contributed by atoms with Crippen molar-refractivity contribution in [1.82, 2.24) is 15.1 Å².